The number of nitrogens with one attached hydrogen (secondary N) is 1. The topological polar surface area (TPSA) is 101 Å². The molecule has 1 aliphatic heterocycles. The van der Waals surface area contributed by atoms with Crippen molar-refractivity contribution in [2.75, 3.05) is 12.3 Å². The van der Waals surface area contributed by atoms with Crippen molar-refractivity contribution in [1.82, 2.24) is 9.71 Å². The first-order chi connectivity index (χ1) is 16.1. The van der Waals surface area contributed by atoms with Crippen LogP contribution in [0.15, 0.2) is 15.0 Å². The molecule has 0 bridgehead atoms. The molecular weight excluding hydrogens is 567 g/mol. The van der Waals surface area contributed by atoms with E-state index >= 15 is 4.39 Å². The van der Waals surface area contributed by atoms with Gasteiger partial charge in [0, 0.05) is 17.9 Å². The van der Waals surface area contributed by atoms with Crippen LogP contribution in [0.3, 0.4) is 0 Å². The van der Waals surface area contributed by atoms with Crippen LogP contribution < -0.4 is 9.91 Å². The first-order valence-electron chi connectivity index (χ1n) is 12.2. The quantitative estimate of drug-likeness (QED) is 0.227. The number of nitrogens with zero attached hydrogens (tertiary/aromatic N) is 3. The summed E-state index contributed by atoms with van der Waals surface area (Å²) < 4.78 is 50.3. The van der Waals surface area contributed by atoms with Crippen LogP contribution in [0.5, 0.6) is 0 Å². The molecule has 35 heavy (non-hydrogen) atoms. The fourth-order valence-electron chi connectivity index (χ4n) is 4.73. The summed E-state index contributed by atoms with van der Waals surface area (Å²) in [4.78, 5) is 4.54. The molecule has 1 aliphatic rings. The Bertz CT molecular complexity index is 1090. The molecular formula is C24H40BrFN4O2S2Si. The molecule has 0 radical (unpaired) electrons. The second-order valence-corrected chi connectivity index (χ2v) is 21.6. The second-order valence-electron chi connectivity index (χ2n) is 10.9. The van der Waals surface area contributed by atoms with Gasteiger partial charge in [-0.2, -0.15) is 5.26 Å². The smallest absolute Gasteiger partial charge is 0.146 e. The lowest BCUT2D eigenvalue weighted by Gasteiger charge is -2.39. The molecule has 4 atom stereocenters. The Morgan fingerprint density at radius 3 is 2.37 bits per heavy atom. The molecule has 198 valence electrons. The third-order valence-electron chi connectivity index (χ3n) is 7.46. The van der Waals surface area contributed by atoms with Crippen molar-refractivity contribution in [1.29, 1.82) is 5.26 Å². The highest BCUT2D eigenvalue weighted by Gasteiger charge is 2.49. The number of rotatable bonds is 9. The number of hydrogen-bond donors (Lipinski definition) is 1. The molecule has 2 heterocycles. The lowest BCUT2D eigenvalue weighted by molar-refractivity contribution is 0.422. The molecule has 1 aromatic heterocycles. The van der Waals surface area contributed by atoms with Gasteiger partial charge < -0.3 is 4.55 Å². The van der Waals surface area contributed by atoms with E-state index in [-0.39, 0.29) is 11.4 Å². The molecule has 1 aromatic rings. The van der Waals surface area contributed by atoms with E-state index in [2.05, 4.69) is 56.8 Å². The maximum Gasteiger partial charge on any atom is 0.146 e. The molecule has 0 fully saturated rings. The van der Waals surface area contributed by atoms with Crippen LogP contribution >= 0.6 is 15.9 Å². The standard InChI is InChI=1S/C24H40BrFN4O2S2Si/c1-9-35(10-2,11-3)18-15-19(25)29-21(20(18)26)24(8,30-33(31)22(4,5)6)17-34(32)23(7,16-27)13-12-14-28-34/h15,30H,9-14,17H2,1-8H3/t23-,24+,33?,34+/m1/s1. The largest absolute Gasteiger partial charge is 0.598 e. The third kappa shape index (κ3) is 5.98. The van der Waals surface area contributed by atoms with Crippen molar-refractivity contribution >= 4 is 50.3 Å². The summed E-state index contributed by atoms with van der Waals surface area (Å²) >= 11 is 1.88. The van der Waals surface area contributed by atoms with E-state index in [1.54, 1.807) is 19.9 Å². The number of halogens is 2. The van der Waals surface area contributed by atoms with Crippen LogP contribution in [0, 0.1) is 17.1 Å². The first-order valence-corrected chi connectivity index (χ1v) is 18.5. The zero-order chi connectivity index (χ0) is 26.9. The monoisotopic (exact) mass is 606 g/mol. The Kier molecular flexibility index (Phi) is 9.72. The molecule has 1 N–H and O–H groups in total. The average molecular weight is 608 g/mol. The predicted molar refractivity (Wildman–Crippen MR) is 151 cm³/mol. The molecule has 11 heteroatoms. The second kappa shape index (κ2) is 11.1. The van der Waals surface area contributed by atoms with Gasteiger partial charge in [-0.3, -0.25) is 0 Å². The van der Waals surface area contributed by atoms with Crippen molar-refractivity contribution < 1.29 is 13.2 Å². The van der Waals surface area contributed by atoms with Gasteiger partial charge in [-0.25, -0.2) is 17.9 Å². The van der Waals surface area contributed by atoms with Crippen molar-refractivity contribution in [2.24, 2.45) is 4.36 Å². The predicted octanol–water partition coefficient (Wildman–Crippen LogP) is 5.51. The lowest BCUT2D eigenvalue weighted by Crippen LogP contribution is -2.57. The Hall–Kier alpha value is -0.513. The highest BCUT2D eigenvalue weighted by molar-refractivity contribution is 9.10. The normalized spacial score (nSPS) is 25.9. The molecule has 0 amide bonds. The van der Waals surface area contributed by atoms with E-state index in [9.17, 15) is 14.0 Å². The lowest BCUT2D eigenvalue weighted by atomic mass is 10.0. The van der Waals surface area contributed by atoms with Gasteiger partial charge in [-0.15, -0.1) is 4.72 Å². The summed E-state index contributed by atoms with van der Waals surface area (Å²) in [5, 5.41) is 10.6. The van der Waals surface area contributed by atoms with E-state index < -0.39 is 50.0 Å². The van der Waals surface area contributed by atoms with Gasteiger partial charge in [-0.1, -0.05) is 38.9 Å². The van der Waals surface area contributed by atoms with Gasteiger partial charge in [0.15, 0.2) is 0 Å². The fourth-order valence-corrected chi connectivity index (χ4v) is 12.7. The summed E-state index contributed by atoms with van der Waals surface area (Å²) in [7, 11) is -5.27. The van der Waals surface area contributed by atoms with E-state index in [0.29, 0.717) is 29.2 Å². The summed E-state index contributed by atoms with van der Waals surface area (Å²) in [6.07, 6.45) is 1.12. The SMILES string of the molecule is CC[Si](CC)(CC)c1cc(Br)nc([C@](C)(C[S@@]2(=O)=NCCC[C@]2(C)C#N)N[S+]([O-])C(C)(C)C)c1F. The summed E-state index contributed by atoms with van der Waals surface area (Å²) in [6, 6.07) is 6.65. The number of nitriles is 1. The van der Waals surface area contributed by atoms with E-state index in [1.807, 2.05) is 20.8 Å². The van der Waals surface area contributed by atoms with Crippen LogP contribution in [-0.4, -0.2) is 43.6 Å². The molecule has 0 saturated heterocycles. The Morgan fingerprint density at radius 2 is 1.89 bits per heavy atom. The number of aromatic nitrogens is 1. The zero-order valence-electron chi connectivity index (χ0n) is 22.3. The molecule has 0 aliphatic carbocycles. The third-order valence-corrected chi connectivity index (χ3v) is 18.5. The van der Waals surface area contributed by atoms with Crippen LogP contribution in [0.25, 0.3) is 0 Å². The van der Waals surface area contributed by atoms with Crippen molar-refractivity contribution in [2.45, 2.75) is 101 Å². The van der Waals surface area contributed by atoms with Crippen molar-refractivity contribution in [3.63, 3.8) is 0 Å². The fraction of sp³-hybridized carbons (Fsp3) is 0.750. The number of pyridine rings is 1. The minimum Gasteiger partial charge on any atom is -0.598 e. The van der Waals surface area contributed by atoms with Crippen LogP contribution in [0.1, 0.15) is 73.9 Å². The van der Waals surface area contributed by atoms with Gasteiger partial charge >= 0.3 is 0 Å². The summed E-state index contributed by atoms with van der Waals surface area (Å²) in [5.74, 6) is -0.589. The van der Waals surface area contributed by atoms with E-state index in [0.717, 1.165) is 18.1 Å². The minimum absolute atomic E-state index is 0.0792. The molecule has 1 unspecified atom stereocenters. The Labute approximate surface area is 223 Å². The maximum absolute atomic E-state index is 16.5. The van der Waals surface area contributed by atoms with Gasteiger partial charge in [0.05, 0.1) is 29.6 Å². The van der Waals surface area contributed by atoms with Gasteiger partial charge in [-0.05, 0) is 74.6 Å². The van der Waals surface area contributed by atoms with Crippen LogP contribution in [0.4, 0.5) is 4.39 Å². The Morgan fingerprint density at radius 1 is 1.31 bits per heavy atom. The molecule has 0 spiro atoms. The van der Waals surface area contributed by atoms with Crippen molar-refractivity contribution in [3.8, 4) is 6.07 Å². The van der Waals surface area contributed by atoms with Crippen molar-refractivity contribution in [3.05, 3.63) is 22.2 Å². The van der Waals surface area contributed by atoms with Crippen LogP contribution in [-0.2, 0) is 26.6 Å². The molecule has 0 saturated carbocycles. The average Bonchev–Trinajstić information content (AvgIpc) is 2.78. The summed E-state index contributed by atoms with van der Waals surface area (Å²) in [5.41, 5.74) is -1.30. The van der Waals surface area contributed by atoms with Gasteiger partial charge in [0.2, 0.25) is 0 Å². The minimum atomic E-state index is -3.12. The molecule has 2 rings (SSSR count). The highest BCUT2D eigenvalue weighted by atomic mass is 79.9. The van der Waals surface area contributed by atoms with Crippen LogP contribution in [0.2, 0.25) is 18.1 Å². The highest BCUT2D eigenvalue weighted by Crippen LogP contribution is 2.37. The molecule has 6 nitrogen and oxygen atoms in total. The number of hydrogen-bond acceptors (Lipinski definition) is 6. The zero-order valence-corrected chi connectivity index (χ0v) is 26.5. The summed E-state index contributed by atoms with van der Waals surface area (Å²) in [6.45, 7) is 15.5. The van der Waals surface area contributed by atoms with Gasteiger partial charge in [0.25, 0.3) is 0 Å². The molecule has 0 aromatic carbocycles. The van der Waals surface area contributed by atoms with E-state index in [1.165, 1.54) is 0 Å². The Balaban J connectivity index is 2.84. The van der Waals surface area contributed by atoms with Gasteiger partial charge in [0.1, 0.15) is 31.1 Å². The van der Waals surface area contributed by atoms with E-state index in [4.69, 9.17) is 0 Å². The maximum atomic E-state index is 16.5. The first kappa shape index (κ1) is 30.7.